The summed E-state index contributed by atoms with van der Waals surface area (Å²) in [5, 5.41) is 13.5. The molecule has 3 rings (SSSR count). The molecule has 0 fully saturated rings. The summed E-state index contributed by atoms with van der Waals surface area (Å²) in [6, 6.07) is 5.69. The molecule has 0 amide bonds. The Balaban J connectivity index is 0.000000924. The smallest absolute Gasteiger partial charge is 0.213 e. The van der Waals surface area contributed by atoms with Crippen molar-refractivity contribution in [3.8, 4) is 17.3 Å². The quantitative estimate of drug-likeness (QED) is 0.532. The summed E-state index contributed by atoms with van der Waals surface area (Å²) in [7, 11) is 1.66. The van der Waals surface area contributed by atoms with Crippen molar-refractivity contribution in [2.45, 2.75) is 13.8 Å². The van der Waals surface area contributed by atoms with Gasteiger partial charge in [0, 0.05) is 24.4 Å². The van der Waals surface area contributed by atoms with Gasteiger partial charge in [-0.1, -0.05) is 25.2 Å². The van der Waals surface area contributed by atoms with Gasteiger partial charge in [-0.15, -0.1) is 5.10 Å². The average Bonchev–Trinajstić information content (AvgIpc) is 3.09. The second-order valence-electron chi connectivity index (χ2n) is 4.23. The average molecular weight is 391 g/mol. The Kier molecular flexibility index (Phi) is 5.47. The lowest BCUT2D eigenvalue weighted by Crippen LogP contribution is -1.98. The van der Waals surface area contributed by atoms with Crippen LogP contribution in [0.1, 0.15) is 25.0 Å². The van der Waals surface area contributed by atoms with Crippen molar-refractivity contribution in [3.05, 3.63) is 33.4 Å². The van der Waals surface area contributed by atoms with Crippen molar-refractivity contribution in [3.63, 3.8) is 0 Å². The number of benzene rings is 1. The molecule has 0 aliphatic rings. The van der Waals surface area contributed by atoms with E-state index in [0.717, 1.165) is 20.1 Å². The Morgan fingerprint density at radius 2 is 2.17 bits per heavy atom. The SMILES string of the molecule is CC.CN=Cc1cc(-c2cn3nc(Br)sc3n2)cc(C#N)c1N. The van der Waals surface area contributed by atoms with Crippen LogP contribution in [0.2, 0.25) is 0 Å². The van der Waals surface area contributed by atoms with Crippen LogP contribution in [-0.4, -0.2) is 27.9 Å². The standard InChI is InChI=1S/C13H9BrN6S.C2H6/c1-17-5-9-3-7(2-8(4-15)11(9)16)10-6-20-13(18-10)21-12(14)19-20;1-2/h2-3,5-6H,16H2,1H3;1-2H3. The highest BCUT2D eigenvalue weighted by Gasteiger charge is 2.12. The molecule has 118 valence electrons. The number of imidazole rings is 1. The number of hydrogen-bond donors (Lipinski definition) is 1. The van der Waals surface area contributed by atoms with Gasteiger partial charge in [0.15, 0.2) is 3.92 Å². The van der Waals surface area contributed by atoms with Crippen molar-refractivity contribution < 1.29 is 0 Å². The van der Waals surface area contributed by atoms with Gasteiger partial charge in [0.2, 0.25) is 4.96 Å². The first kappa shape index (κ1) is 17.1. The Morgan fingerprint density at radius 3 is 2.78 bits per heavy atom. The number of nitrogens with zero attached hydrogens (tertiary/aromatic N) is 5. The molecule has 23 heavy (non-hydrogen) atoms. The zero-order chi connectivity index (χ0) is 17.0. The maximum atomic E-state index is 9.20. The molecule has 0 unspecified atom stereocenters. The second-order valence-corrected chi connectivity index (χ2v) is 6.47. The van der Waals surface area contributed by atoms with Crippen LogP contribution in [-0.2, 0) is 0 Å². The minimum absolute atomic E-state index is 0.410. The molecular weight excluding hydrogens is 376 g/mol. The fraction of sp³-hybridized carbons (Fsp3) is 0.200. The van der Waals surface area contributed by atoms with Gasteiger partial charge < -0.3 is 5.73 Å². The van der Waals surface area contributed by atoms with Crippen LogP contribution in [0.4, 0.5) is 5.69 Å². The summed E-state index contributed by atoms with van der Waals surface area (Å²) < 4.78 is 2.46. The van der Waals surface area contributed by atoms with Crippen molar-refractivity contribution in [2.75, 3.05) is 12.8 Å². The number of rotatable bonds is 2. The van der Waals surface area contributed by atoms with E-state index >= 15 is 0 Å². The topological polar surface area (TPSA) is 92.4 Å². The zero-order valence-corrected chi connectivity index (χ0v) is 15.3. The van der Waals surface area contributed by atoms with Crippen LogP contribution in [0.5, 0.6) is 0 Å². The van der Waals surface area contributed by atoms with Gasteiger partial charge in [-0.25, -0.2) is 9.50 Å². The Hall–Kier alpha value is -2.24. The summed E-state index contributed by atoms with van der Waals surface area (Å²) in [5.41, 5.74) is 9.04. The molecule has 1 aromatic carbocycles. The van der Waals surface area contributed by atoms with Gasteiger partial charge in [0.05, 0.1) is 23.1 Å². The molecular formula is C15H15BrN6S. The third kappa shape index (κ3) is 3.41. The Morgan fingerprint density at radius 1 is 1.43 bits per heavy atom. The highest BCUT2D eigenvalue weighted by Crippen LogP contribution is 2.28. The van der Waals surface area contributed by atoms with E-state index in [1.807, 2.05) is 26.1 Å². The van der Waals surface area contributed by atoms with Crippen molar-refractivity contribution >= 4 is 44.1 Å². The number of halogens is 1. The molecule has 8 heteroatoms. The molecule has 0 atom stereocenters. The highest BCUT2D eigenvalue weighted by atomic mass is 79.9. The number of nitrogens with two attached hydrogens (primary N) is 1. The maximum absolute atomic E-state index is 9.20. The van der Waals surface area contributed by atoms with Crippen LogP contribution in [0.3, 0.4) is 0 Å². The Bertz CT molecular complexity index is 871. The number of fused-ring (bicyclic) bond motifs is 1. The first-order chi connectivity index (χ1) is 11.1. The second kappa shape index (κ2) is 7.35. The minimum atomic E-state index is 0.410. The van der Waals surface area contributed by atoms with E-state index in [9.17, 15) is 5.26 Å². The highest BCUT2D eigenvalue weighted by molar-refractivity contribution is 9.11. The molecule has 0 aliphatic heterocycles. The summed E-state index contributed by atoms with van der Waals surface area (Å²) in [6.07, 6.45) is 3.45. The molecule has 0 bridgehead atoms. The minimum Gasteiger partial charge on any atom is -0.397 e. The van der Waals surface area contributed by atoms with Gasteiger partial charge in [0.25, 0.3) is 0 Å². The van der Waals surface area contributed by atoms with E-state index in [1.54, 1.807) is 23.8 Å². The number of aliphatic imine (C=N–C) groups is 1. The normalized spacial score (nSPS) is 10.6. The summed E-state index contributed by atoms with van der Waals surface area (Å²) >= 11 is 4.76. The van der Waals surface area contributed by atoms with E-state index in [1.165, 1.54) is 11.3 Å². The number of nitriles is 1. The first-order valence-electron chi connectivity index (χ1n) is 6.90. The lowest BCUT2D eigenvalue weighted by molar-refractivity contribution is 0.959. The third-order valence-corrected chi connectivity index (χ3v) is 4.27. The molecule has 0 saturated carbocycles. The molecule has 2 N–H and O–H groups in total. The summed E-state index contributed by atoms with van der Waals surface area (Å²) in [6.45, 7) is 4.00. The largest absolute Gasteiger partial charge is 0.397 e. The van der Waals surface area contributed by atoms with Gasteiger partial charge in [0.1, 0.15) is 6.07 Å². The van der Waals surface area contributed by atoms with Gasteiger partial charge in [-0.05, 0) is 28.1 Å². The number of hydrogen-bond acceptors (Lipinski definition) is 6. The molecule has 0 radical (unpaired) electrons. The lowest BCUT2D eigenvalue weighted by atomic mass is 10.0. The molecule has 6 nitrogen and oxygen atoms in total. The lowest BCUT2D eigenvalue weighted by Gasteiger charge is -2.05. The predicted octanol–water partition coefficient (Wildman–Crippen LogP) is 3.75. The van der Waals surface area contributed by atoms with Crippen molar-refractivity contribution in [1.29, 1.82) is 5.26 Å². The van der Waals surface area contributed by atoms with E-state index in [0.29, 0.717) is 16.8 Å². The van der Waals surface area contributed by atoms with Gasteiger partial charge >= 0.3 is 0 Å². The van der Waals surface area contributed by atoms with Crippen molar-refractivity contribution in [1.82, 2.24) is 14.6 Å². The van der Waals surface area contributed by atoms with Crippen LogP contribution in [0.25, 0.3) is 16.2 Å². The van der Waals surface area contributed by atoms with E-state index in [2.05, 4.69) is 37.1 Å². The van der Waals surface area contributed by atoms with Crippen LogP contribution in [0, 0.1) is 11.3 Å². The number of aromatic nitrogens is 3. The maximum Gasteiger partial charge on any atom is 0.213 e. The van der Waals surface area contributed by atoms with Gasteiger partial charge in [-0.3, -0.25) is 4.99 Å². The molecule has 0 spiro atoms. The van der Waals surface area contributed by atoms with E-state index in [4.69, 9.17) is 5.73 Å². The molecule has 2 heterocycles. The molecule has 0 aliphatic carbocycles. The number of anilines is 1. The fourth-order valence-electron chi connectivity index (χ4n) is 1.98. The number of nitrogen functional groups attached to an aromatic ring is 1. The summed E-state index contributed by atoms with van der Waals surface area (Å²) in [4.78, 5) is 9.25. The van der Waals surface area contributed by atoms with Crippen LogP contribution < -0.4 is 5.73 Å². The Labute approximate surface area is 146 Å². The predicted molar refractivity (Wildman–Crippen MR) is 98.0 cm³/mol. The molecule has 3 aromatic rings. The molecule has 2 aromatic heterocycles. The van der Waals surface area contributed by atoms with Gasteiger partial charge in [-0.2, -0.15) is 5.26 Å². The summed E-state index contributed by atoms with van der Waals surface area (Å²) in [5.74, 6) is 0. The fourth-order valence-corrected chi connectivity index (χ4v) is 3.19. The van der Waals surface area contributed by atoms with E-state index in [-0.39, 0.29) is 0 Å². The van der Waals surface area contributed by atoms with Crippen LogP contribution in [0.15, 0.2) is 27.2 Å². The van der Waals surface area contributed by atoms with Crippen LogP contribution >= 0.6 is 27.3 Å². The third-order valence-electron chi connectivity index (χ3n) is 2.91. The monoisotopic (exact) mass is 390 g/mol. The first-order valence-corrected chi connectivity index (χ1v) is 8.51. The molecule has 0 saturated heterocycles. The van der Waals surface area contributed by atoms with E-state index < -0.39 is 0 Å². The van der Waals surface area contributed by atoms with Crippen molar-refractivity contribution in [2.24, 2.45) is 4.99 Å². The zero-order valence-electron chi connectivity index (χ0n) is 12.9.